The number of aliphatic hydroxyl groups excluding tert-OH is 2. The van der Waals surface area contributed by atoms with Crippen molar-refractivity contribution in [1.29, 1.82) is 0 Å². The van der Waals surface area contributed by atoms with Crippen LogP contribution in [0.1, 0.15) is 34.3 Å². The standard InChI is InChI=1S/C25H25NO4/c1-16-8-2-3-9-17(16)24(28)23(27)14-26-25(29)30-15-22-20-12-6-4-10-18(20)19-11-5-7-13-21(19)22/h2-13,22-24,27-28H,14-15H2,1H3,(H,26,29). The number of amides is 1. The highest BCUT2D eigenvalue weighted by Crippen LogP contribution is 2.44. The molecular formula is C25H25NO4. The van der Waals surface area contributed by atoms with Crippen LogP contribution in [0.25, 0.3) is 11.1 Å². The Bertz CT molecular complexity index is 1000. The molecule has 2 atom stereocenters. The number of benzene rings is 3. The van der Waals surface area contributed by atoms with E-state index < -0.39 is 18.3 Å². The third-order valence-electron chi connectivity index (χ3n) is 5.67. The smallest absolute Gasteiger partial charge is 0.407 e. The van der Waals surface area contributed by atoms with E-state index in [-0.39, 0.29) is 19.1 Å². The molecule has 1 aliphatic carbocycles. The molecule has 1 aliphatic rings. The second kappa shape index (κ2) is 8.69. The lowest BCUT2D eigenvalue weighted by molar-refractivity contribution is 0.0182. The highest BCUT2D eigenvalue weighted by atomic mass is 16.5. The van der Waals surface area contributed by atoms with E-state index in [4.69, 9.17) is 4.74 Å². The first kappa shape index (κ1) is 20.1. The minimum Gasteiger partial charge on any atom is -0.449 e. The highest BCUT2D eigenvalue weighted by molar-refractivity contribution is 5.79. The largest absolute Gasteiger partial charge is 0.449 e. The van der Waals surface area contributed by atoms with Crippen LogP contribution in [0.3, 0.4) is 0 Å². The van der Waals surface area contributed by atoms with Gasteiger partial charge in [-0.15, -0.1) is 0 Å². The number of carbonyl (C=O) groups is 1. The molecule has 0 heterocycles. The van der Waals surface area contributed by atoms with Crippen LogP contribution in [-0.2, 0) is 4.74 Å². The van der Waals surface area contributed by atoms with Crippen molar-refractivity contribution in [3.05, 3.63) is 95.1 Å². The van der Waals surface area contributed by atoms with Crippen molar-refractivity contribution in [1.82, 2.24) is 5.32 Å². The van der Waals surface area contributed by atoms with Gasteiger partial charge in [0.05, 0.1) is 0 Å². The van der Waals surface area contributed by atoms with Gasteiger partial charge in [-0.05, 0) is 40.3 Å². The Morgan fingerprint density at radius 2 is 1.50 bits per heavy atom. The molecule has 0 saturated heterocycles. The van der Waals surface area contributed by atoms with Crippen LogP contribution in [0, 0.1) is 6.92 Å². The zero-order chi connectivity index (χ0) is 21.1. The molecule has 3 aromatic carbocycles. The Hall–Kier alpha value is -3.15. The predicted octanol–water partition coefficient (Wildman–Crippen LogP) is 3.93. The minimum atomic E-state index is -1.13. The van der Waals surface area contributed by atoms with E-state index in [1.165, 1.54) is 11.1 Å². The zero-order valence-corrected chi connectivity index (χ0v) is 16.8. The lowest BCUT2D eigenvalue weighted by atomic mass is 9.98. The van der Waals surface area contributed by atoms with Gasteiger partial charge in [0.15, 0.2) is 0 Å². The molecule has 3 aromatic rings. The molecule has 0 bridgehead atoms. The Kier molecular flexibility index (Phi) is 5.84. The van der Waals surface area contributed by atoms with Crippen LogP contribution < -0.4 is 5.32 Å². The Morgan fingerprint density at radius 1 is 0.933 bits per heavy atom. The maximum Gasteiger partial charge on any atom is 0.407 e. The normalized spacial score (nSPS) is 14.5. The minimum absolute atomic E-state index is 0.0226. The summed E-state index contributed by atoms with van der Waals surface area (Å²) in [4.78, 5) is 12.2. The summed E-state index contributed by atoms with van der Waals surface area (Å²) in [6.45, 7) is 1.97. The summed E-state index contributed by atoms with van der Waals surface area (Å²) in [5, 5.41) is 23.2. The van der Waals surface area contributed by atoms with Gasteiger partial charge < -0.3 is 20.3 Å². The fourth-order valence-electron chi connectivity index (χ4n) is 4.07. The lowest BCUT2D eigenvalue weighted by Gasteiger charge is -2.20. The van der Waals surface area contributed by atoms with Gasteiger partial charge in [0, 0.05) is 12.5 Å². The van der Waals surface area contributed by atoms with Gasteiger partial charge in [0.2, 0.25) is 0 Å². The predicted molar refractivity (Wildman–Crippen MR) is 115 cm³/mol. The number of fused-ring (bicyclic) bond motifs is 3. The molecule has 0 saturated carbocycles. The van der Waals surface area contributed by atoms with Crippen molar-refractivity contribution in [3.63, 3.8) is 0 Å². The molecule has 5 nitrogen and oxygen atoms in total. The maximum absolute atomic E-state index is 12.2. The van der Waals surface area contributed by atoms with Gasteiger partial charge in [0.25, 0.3) is 0 Å². The third kappa shape index (κ3) is 3.95. The van der Waals surface area contributed by atoms with E-state index in [0.717, 1.165) is 16.7 Å². The molecule has 30 heavy (non-hydrogen) atoms. The molecule has 0 radical (unpaired) electrons. The van der Waals surface area contributed by atoms with Gasteiger partial charge in [-0.2, -0.15) is 0 Å². The first-order valence-electron chi connectivity index (χ1n) is 10.1. The summed E-state index contributed by atoms with van der Waals surface area (Å²) in [7, 11) is 0. The van der Waals surface area contributed by atoms with Crippen LogP contribution in [0.2, 0.25) is 0 Å². The Balaban J connectivity index is 1.35. The molecule has 3 N–H and O–H groups in total. The molecule has 1 amide bonds. The molecule has 0 aromatic heterocycles. The summed E-state index contributed by atoms with van der Waals surface area (Å²) in [6.07, 6.45) is -2.83. The number of aliphatic hydroxyl groups is 2. The van der Waals surface area contributed by atoms with E-state index in [1.807, 2.05) is 43.3 Å². The molecular weight excluding hydrogens is 378 g/mol. The van der Waals surface area contributed by atoms with Crippen molar-refractivity contribution in [3.8, 4) is 11.1 Å². The molecule has 0 aliphatic heterocycles. The number of aryl methyl sites for hydroxylation is 1. The molecule has 2 unspecified atom stereocenters. The van der Waals surface area contributed by atoms with Crippen molar-refractivity contribution < 1.29 is 19.7 Å². The van der Waals surface area contributed by atoms with Crippen LogP contribution in [-0.4, -0.2) is 35.6 Å². The summed E-state index contributed by atoms with van der Waals surface area (Å²) >= 11 is 0. The number of carbonyl (C=O) groups excluding carboxylic acids is 1. The van der Waals surface area contributed by atoms with Crippen LogP contribution >= 0.6 is 0 Å². The van der Waals surface area contributed by atoms with E-state index in [0.29, 0.717) is 5.56 Å². The van der Waals surface area contributed by atoms with Crippen LogP contribution in [0.5, 0.6) is 0 Å². The summed E-state index contributed by atoms with van der Waals surface area (Å²) in [5.74, 6) is -0.0226. The average molecular weight is 403 g/mol. The van der Waals surface area contributed by atoms with Gasteiger partial charge >= 0.3 is 6.09 Å². The molecule has 5 heteroatoms. The SMILES string of the molecule is Cc1ccccc1C(O)C(O)CNC(=O)OCC1c2ccccc2-c2ccccc21. The molecule has 154 valence electrons. The van der Waals surface area contributed by atoms with Crippen molar-refractivity contribution in [2.75, 3.05) is 13.2 Å². The van der Waals surface area contributed by atoms with E-state index in [2.05, 4.69) is 29.6 Å². The number of nitrogens with one attached hydrogen (secondary N) is 1. The van der Waals surface area contributed by atoms with Crippen molar-refractivity contribution in [2.24, 2.45) is 0 Å². The van der Waals surface area contributed by atoms with Crippen molar-refractivity contribution >= 4 is 6.09 Å². The second-order valence-electron chi connectivity index (χ2n) is 7.58. The third-order valence-corrected chi connectivity index (χ3v) is 5.67. The van der Waals surface area contributed by atoms with Gasteiger partial charge in [-0.3, -0.25) is 0 Å². The van der Waals surface area contributed by atoms with E-state index in [9.17, 15) is 15.0 Å². The molecule has 0 fully saturated rings. The Labute approximate surface area is 176 Å². The quantitative estimate of drug-likeness (QED) is 0.583. The molecule has 4 rings (SSSR count). The van der Waals surface area contributed by atoms with Gasteiger partial charge in [0.1, 0.15) is 18.8 Å². The summed E-state index contributed by atoms with van der Waals surface area (Å²) in [5.41, 5.74) is 6.13. The van der Waals surface area contributed by atoms with Crippen LogP contribution in [0.15, 0.2) is 72.8 Å². The van der Waals surface area contributed by atoms with Crippen LogP contribution in [0.4, 0.5) is 4.79 Å². The number of alkyl carbamates (subject to hydrolysis) is 1. The average Bonchev–Trinajstić information content (AvgIpc) is 3.09. The monoisotopic (exact) mass is 403 g/mol. The number of hydrogen-bond donors (Lipinski definition) is 3. The first-order valence-corrected chi connectivity index (χ1v) is 10.1. The van der Waals surface area contributed by atoms with Gasteiger partial charge in [-0.25, -0.2) is 4.79 Å². The summed E-state index contributed by atoms with van der Waals surface area (Å²) < 4.78 is 5.46. The molecule has 0 spiro atoms. The number of hydrogen-bond acceptors (Lipinski definition) is 4. The second-order valence-corrected chi connectivity index (χ2v) is 7.58. The van der Waals surface area contributed by atoms with Crippen molar-refractivity contribution in [2.45, 2.75) is 25.0 Å². The lowest BCUT2D eigenvalue weighted by Crippen LogP contribution is -2.36. The highest BCUT2D eigenvalue weighted by Gasteiger charge is 2.29. The number of rotatable bonds is 6. The zero-order valence-electron chi connectivity index (χ0n) is 16.8. The summed E-state index contributed by atoms with van der Waals surface area (Å²) in [6, 6.07) is 23.6. The maximum atomic E-state index is 12.2. The van der Waals surface area contributed by atoms with Gasteiger partial charge in [-0.1, -0.05) is 72.8 Å². The number of ether oxygens (including phenoxy) is 1. The first-order chi connectivity index (χ1) is 14.6. The topological polar surface area (TPSA) is 78.8 Å². The van der Waals surface area contributed by atoms with E-state index >= 15 is 0 Å². The van der Waals surface area contributed by atoms with E-state index in [1.54, 1.807) is 12.1 Å². The fraction of sp³-hybridized carbons (Fsp3) is 0.240. The Morgan fingerprint density at radius 3 is 2.13 bits per heavy atom. The fourth-order valence-corrected chi connectivity index (χ4v) is 4.07.